The molecule has 1 saturated heterocycles. The van der Waals surface area contributed by atoms with Crippen LogP contribution in [0.4, 0.5) is 5.69 Å². The quantitative estimate of drug-likeness (QED) is 0.879. The van der Waals surface area contributed by atoms with Crippen LogP contribution in [0, 0.1) is 0 Å². The van der Waals surface area contributed by atoms with Crippen molar-refractivity contribution in [2.24, 2.45) is 0 Å². The van der Waals surface area contributed by atoms with E-state index in [2.05, 4.69) is 16.7 Å². The molecule has 0 bridgehead atoms. The summed E-state index contributed by atoms with van der Waals surface area (Å²) in [6, 6.07) is 4.39. The van der Waals surface area contributed by atoms with Gasteiger partial charge in [-0.1, -0.05) is 0 Å². The number of hydrogen-bond donors (Lipinski definition) is 2. The fourth-order valence-corrected chi connectivity index (χ4v) is 2.98. The Kier molecular flexibility index (Phi) is 4.12. The molecule has 0 spiro atoms. The number of carbonyl (C=O) groups excluding carboxylic acids is 1. The van der Waals surface area contributed by atoms with Gasteiger partial charge in [0.05, 0.1) is 12.6 Å². The molecule has 1 atom stereocenters. The Hall–Kier alpha value is -1.59. The molecule has 0 aliphatic carbocycles. The highest BCUT2D eigenvalue weighted by atomic mass is 16.5. The van der Waals surface area contributed by atoms with Gasteiger partial charge in [-0.2, -0.15) is 0 Å². The van der Waals surface area contributed by atoms with Crippen LogP contribution in [0.5, 0.6) is 0 Å². The lowest BCUT2D eigenvalue weighted by Gasteiger charge is -2.24. The van der Waals surface area contributed by atoms with E-state index in [1.807, 2.05) is 6.07 Å². The average molecular weight is 289 g/mol. The van der Waals surface area contributed by atoms with Crippen molar-refractivity contribution in [3.05, 3.63) is 28.8 Å². The first kappa shape index (κ1) is 14.4. The molecule has 2 aliphatic rings. The van der Waals surface area contributed by atoms with Crippen LogP contribution in [0.3, 0.4) is 0 Å². The molecule has 5 heteroatoms. The van der Waals surface area contributed by atoms with Gasteiger partial charge in [0.1, 0.15) is 0 Å². The first-order valence-corrected chi connectivity index (χ1v) is 7.57. The number of anilines is 1. The molecule has 1 aromatic rings. The van der Waals surface area contributed by atoms with Crippen LogP contribution in [0.2, 0.25) is 0 Å². The van der Waals surface area contributed by atoms with Crippen LogP contribution in [0.1, 0.15) is 27.9 Å². The maximum absolute atomic E-state index is 12.3. The number of nitrogens with zero attached hydrogens (tertiary/aromatic N) is 1. The molecule has 21 heavy (non-hydrogen) atoms. The molecule has 0 saturated carbocycles. The third-order valence-corrected chi connectivity index (χ3v) is 4.16. The second-order valence-corrected chi connectivity index (χ2v) is 5.99. The molecule has 0 radical (unpaired) electrons. The molecule has 1 amide bonds. The van der Waals surface area contributed by atoms with E-state index >= 15 is 0 Å². The van der Waals surface area contributed by atoms with Gasteiger partial charge in [-0.25, -0.2) is 0 Å². The largest absolute Gasteiger partial charge is 0.380 e. The van der Waals surface area contributed by atoms with E-state index in [1.165, 1.54) is 11.1 Å². The maximum atomic E-state index is 12.3. The molecule has 114 valence electrons. The van der Waals surface area contributed by atoms with Gasteiger partial charge in [-0.05, 0) is 42.6 Å². The topological polar surface area (TPSA) is 53.6 Å². The van der Waals surface area contributed by atoms with Crippen LogP contribution < -0.4 is 10.6 Å². The Morgan fingerprint density at radius 1 is 1.43 bits per heavy atom. The zero-order valence-corrected chi connectivity index (χ0v) is 12.7. The lowest BCUT2D eigenvalue weighted by atomic mass is 9.95. The van der Waals surface area contributed by atoms with E-state index in [0.717, 1.165) is 50.4 Å². The van der Waals surface area contributed by atoms with Crippen molar-refractivity contribution in [1.29, 1.82) is 0 Å². The summed E-state index contributed by atoms with van der Waals surface area (Å²) in [5, 5.41) is 6.98. The second kappa shape index (κ2) is 6.03. The lowest BCUT2D eigenvalue weighted by Crippen LogP contribution is -2.28. The van der Waals surface area contributed by atoms with Gasteiger partial charge in [0, 0.05) is 38.5 Å². The normalized spacial score (nSPS) is 21.0. The van der Waals surface area contributed by atoms with E-state index in [0.29, 0.717) is 6.04 Å². The average Bonchev–Trinajstić information content (AvgIpc) is 2.99. The van der Waals surface area contributed by atoms with Crippen LogP contribution >= 0.6 is 0 Å². The lowest BCUT2D eigenvalue weighted by molar-refractivity contribution is 0.0827. The first-order chi connectivity index (χ1) is 10.1. The van der Waals surface area contributed by atoms with Crippen molar-refractivity contribution in [1.82, 2.24) is 10.2 Å². The van der Waals surface area contributed by atoms with Crippen molar-refractivity contribution >= 4 is 11.6 Å². The monoisotopic (exact) mass is 289 g/mol. The summed E-state index contributed by atoms with van der Waals surface area (Å²) in [5.74, 6) is 0.0575. The fourth-order valence-electron chi connectivity index (χ4n) is 2.98. The summed E-state index contributed by atoms with van der Waals surface area (Å²) in [7, 11) is 3.59. The number of hydrogen-bond acceptors (Lipinski definition) is 4. The minimum absolute atomic E-state index is 0.0575. The Bertz CT molecular complexity index is 537. The zero-order chi connectivity index (χ0) is 14.8. The summed E-state index contributed by atoms with van der Waals surface area (Å²) < 4.78 is 5.44. The third-order valence-electron chi connectivity index (χ3n) is 4.16. The minimum Gasteiger partial charge on any atom is -0.380 e. The summed E-state index contributed by atoms with van der Waals surface area (Å²) in [6.07, 6.45) is 1.99. The van der Waals surface area contributed by atoms with E-state index in [1.54, 1.807) is 19.0 Å². The van der Waals surface area contributed by atoms with E-state index in [9.17, 15) is 4.79 Å². The van der Waals surface area contributed by atoms with Crippen LogP contribution in [-0.2, 0) is 17.7 Å². The SMILES string of the molecule is CN(C)C(=O)c1cc2c(c(N[C@H]3CCOC3)c1)CNCC2. The molecular formula is C16H23N3O2. The number of nitrogens with one attached hydrogen (secondary N) is 2. The third kappa shape index (κ3) is 3.04. The van der Waals surface area contributed by atoms with Crippen LogP contribution in [-0.4, -0.2) is 50.7 Å². The van der Waals surface area contributed by atoms with Gasteiger partial charge in [-0.3, -0.25) is 4.79 Å². The molecule has 3 rings (SSSR count). The molecule has 2 heterocycles. The molecule has 2 N–H and O–H groups in total. The van der Waals surface area contributed by atoms with Gasteiger partial charge in [0.2, 0.25) is 0 Å². The first-order valence-electron chi connectivity index (χ1n) is 7.57. The van der Waals surface area contributed by atoms with Crippen molar-refractivity contribution < 1.29 is 9.53 Å². The van der Waals surface area contributed by atoms with Crippen molar-refractivity contribution in [3.63, 3.8) is 0 Å². The van der Waals surface area contributed by atoms with E-state index in [4.69, 9.17) is 4.74 Å². The Morgan fingerprint density at radius 3 is 3.00 bits per heavy atom. The molecular weight excluding hydrogens is 266 g/mol. The van der Waals surface area contributed by atoms with Crippen molar-refractivity contribution in [2.75, 3.05) is 39.2 Å². The molecule has 0 aromatic heterocycles. The summed E-state index contributed by atoms with van der Waals surface area (Å²) in [6.45, 7) is 3.39. The van der Waals surface area contributed by atoms with Gasteiger partial charge >= 0.3 is 0 Å². The molecule has 5 nitrogen and oxygen atoms in total. The highest BCUT2D eigenvalue weighted by Gasteiger charge is 2.21. The maximum Gasteiger partial charge on any atom is 0.253 e. The Labute approximate surface area is 125 Å². The predicted molar refractivity (Wildman–Crippen MR) is 82.7 cm³/mol. The van der Waals surface area contributed by atoms with Crippen molar-refractivity contribution in [2.45, 2.75) is 25.4 Å². The fraction of sp³-hybridized carbons (Fsp3) is 0.562. The second-order valence-electron chi connectivity index (χ2n) is 5.99. The predicted octanol–water partition coefficient (Wildman–Crippen LogP) is 1.23. The number of fused-ring (bicyclic) bond motifs is 1. The van der Waals surface area contributed by atoms with Gasteiger partial charge in [-0.15, -0.1) is 0 Å². The van der Waals surface area contributed by atoms with Crippen LogP contribution in [0.25, 0.3) is 0 Å². The molecule has 0 unspecified atom stereocenters. The van der Waals surface area contributed by atoms with Gasteiger partial charge in [0.25, 0.3) is 5.91 Å². The molecule has 2 aliphatic heterocycles. The zero-order valence-electron chi connectivity index (χ0n) is 12.7. The Balaban J connectivity index is 1.94. The van der Waals surface area contributed by atoms with Crippen LogP contribution in [0.15, 0.2) is 12.1 Å². The highest BCUT2D eigenvalue weighted by molar-refractivity contribution is 5.95. The summed E-state index contributed by atoms with van der Waals surface area (Å²) >= 11 is 0. The van der Waals surface area contributed by atoms with Gasteiger partial charge < -0.3 is 20.3 Å². The number of ether oxygens (including phenoxy) is 1. The standard InChI is InChI=1S/C16H23N3O2/c1-19(2)16(20)12-7-11-3-5-17-9-14(11)15(8-12)18-13-4-6-21-10-13/h7-8,13,17-18H,3-6,9-10H2,1-2H3/t13-/m0/s1. The van der Waals surface area contributed by atoms with Crippen molar-refractivity contribution in [3.8, 4) is 0 Å². The number of rotatable bonds is 3. The smallest absolute Gasteiger partial charge is 0.253 e. The van der Waals surface area contributed by atoms with E-state index in [-0.39, 0.29) is 5.91 Å². The van der Waals surface area contributed by atoms with E-state index < -0.39 is 0 Å². The minimum atomic E-state index is 0.0575. The summed E-state index contributed by atoms with van der Waals surface area (Å²) in [5.41, 5.74) is 4.42. The van der Waals surface area contributed by atoms with Gasteiger partial charge in [0.15, 0.2) is 0 Å². The highest BCUT2D eigenvalue weighted by Crippen LogP contribution is 2.27. The number of amides is 1. The molecule has 1 aromatic carbocycles. The number of benzene rings is 1. The number of carbonyl (C=O) groups is 1. The summed E-state index contributed by atoms with van der Waals surface area (Å²) in [4.78, 5) is 13.9. The Morgan fingerprint density at radius 2 is 2.29 bits per heavy atom. The molecule has 1 fully saturated rings.